The minimum atomic E-state index is -0.492. The van der Waals surface area contributed by atoms with Crippen molar-refractivity contribution < 1.29 is 14.0 Å². The number of para-hydroxylation sites is 1. The molecule has 0 radical (unpaired) electrons. The van der Waals surface area contributed by atoms with E-state index in [1.54, 1.807) is 7.11 Å². The number of benzene rings is 1. The molecular weight excluding hydrogens is 329 g/mol. The van der Waals surface area contributed by atoms with Crippen LogP contribution in [0, 0.1) is 0 Å². The van der Waals surface area contributed by atoms with Gasteiger partial charge < -0.3 is 19.4 Å². The summed E-state index contributed by atoms with van der Waals surface area (Å²) >= 11 is 0. The number of nitrogens with zero attached hydrogens (tertiary/aromatic N) is 2. The highest BCUT2D eigenvalue weighted by Gasteiger charge is 2.52. The van der Waals surface area contributed by atoms with Crippen LogP contribution in [0.15, 0.2) is 18.2 Å². The second kappa shape index (κ2) is 6.10. The zero-order valence-electron chi connectivity index (χ0n) is 16.9. The topological polar surface area (TPSA) is 65.5 Å². The number of rotatable bonds is 3. The van der Waals surface area contributed by atoms with Crippen LogP contribution in [0.2, 0.25) is 0 Å². The SMILES string of the molecule is COc1nc2cccc(B3OC(C)(C)C(C)(C)O3)c2nc1NC(C)(C)C. The summed E-state index contributed by atoms with van der Waals surface area (Å²) in [5.74, 6) is 1.08. The van der Waals surface area contributed by atoms with Gasteiger partial charge in [-0.3, -0.25) is 0 Å². The molecule has 1 fully saturated rings. The molecule has 0 aliphatic carbocycles. The summed E-state index contributed by atoms with van der Waals surface area (Å²) < 4.78 is 17.9. The molecule has 26 heavy (non-hydrogen) atoms. The Morgan fingerprint density at radius 2 is 1.65 bits per heavy atom. The first kappa shape index (κ1) is 18.9. The first-order chi connectivity index (χ1) is 11.9. The number of nitrogens with one attached hydrogen (secondary N) is 1. The molecule has 1 aromatic carbocycles. The quantitative estimate of drug-likeness (QED) is 0.852. The molecule has 140 valence electrons. The number of ether oxygens (including phenoxy) is 1. The molecule has 6 nitrogen and oxygen atoms in total. The van der Waals surface area contributed by atoms with E-state index in [1.165, 1.54) is 0 Å². The molecule has 1 saturated heterocycles. The summed E-state index contributed by atoms with van der Waals surface area (Å²) in [7, 11) is 1.11. The lowest BCUT2D eigenvalue weighted by Crippen LogP contribution is -2.41. The third-order valence-corrected chi connectivity index (χ3v) is 4.89. The Balaban J connectivity index is 2.11. The van der Waals surface area contributed by atoms with E-state index >= 15 is 0 Å². The number of hydrogen-bond acceptors (Lipinski definition) is 6. The standard InChI is InChI=1S/C19H28BN3O3/c1-17(2,3)23-15-16(24-8)21-13-11-9-10-12(14(13)22-15)20-25-18(4,5)19(6,7)26-20/h9-11H,1-8H3,(H,22,23). The van der Waals surface area contributed by atoms with Gasteiger partial charge in [0.15, 0.2) is 5.82 Å². The monoisotopic (exact) mass is 357 g/mol. The number of aromatic nitrogens is 2. The largest absolute Gasteiger partial charge is 0.497 e. The van der Waals surface area contributed by atoms with Gasteiger partial charge in [0.1, 0.15) is 0 Å². The van der Waals surface area contributed by atoms with Gasteiger partial charge in [-0.2, -0.15) is 0 Å². The Hall–Kier alpha value is -1.86. The molecule has 1 aliphatic heterocycles. The van der Waals surface area contributed by atoms with Crippen LogP contribution in [-0.2, 0) is 9.31 Å². The van der Waals surface area contributed by atoms with Crippen molar-refractivity contribution in [2.45, 2.75) is 65.2 Å². The molecule has 3 rings (SSSR count). The summed E-state index contributed by atoms with van der Waals surface area (Å²) in [5, 5.41) is 3.36. The van der Waals surface area contributed by atoms with Crippen molar-refractivity contribution in [1.82, 2.24) is 9.97 Å². The molecule has 2 aromatic rings. The predicted octanol–water partition coefficient (Wildman–Crippen LogP) is 3.15. The van der Waals surface area contributed by atoms with E-state index in [-0.39, 0.29) is 5.54 Å². The van der Waals surface area contributed by atoms with Crippen LogP contribution in [-0.4, -0.2) is 40.9 Å². The summed E-state index contributed by atoms with van der Waals surface area (Å²) in [4.78, 5) is 9.44. The average molecular weight is 357 g/mol. The number of hydrogen-bond donors (Lipinski definition) is 1. The van der Waals surface area contributed by atoms with Crippen molar-refractivity contribution >= 4 is 29.4 Å². The van der Waals surface area contributed by atoms with E-state index in [2.05, 4.69) is 31.1 Å². The molecule has 7 heteroatoms. The van der Waals surface area contributed by atoms with Crippen LogP contribution in [0.4, 0.5) is 5.82 Å². The summed E-state index contributed by atoms with van der Waals surface area (Å²) in [6.45, 7) is 14.4. The Bertz CT molecular complexity index is 815. The lowest BCUT2D eigenvalue weighted by atomic mass is 9.78. The van der Waals surface area contributed by atoms with Gasteiger partial charge in [-0.25, -0.2) is 9.97 Å². The Kier molecular flexibility index (Phi) is 4.44. The van der Waals surface area contributed by atoms with E-state index in [1.807, 2.05) is 45.9 Å². The first-order valence-electron chi connectivity index (χ1n) is 8.92. The smallest absolute Gasteiger partial charge is 0.478 e. The van der Waals surface area contributed by atoms with Crippen molar-refractivity contribution in [1.29, 1.82) is 0 Å². The highest BCUT2D eigenvalue weighted by molar-refractivity contribution is 6.64. The van der Waals surface area contributed by atoms with Crippen LogP contribution in [0.5, 0.6) is 5.88 Å². The van der Waals surface area contributed by atoms with Gasteiger partial charge >= 0.3 is 7.12 Å². The van der Waals surface area contributed by atoms with E-state index in [0.717, 1.165) is 16.5 Å². The molecule has 2 heterocycles. The second-order valence-corrected chi connectivity index (χ2v) is 8.76. The maximum Gasteiger partial charge on any atom is 0.497 e. The maximum atomic E-state index is 6.21. The van der Waals surface area contributed by atoms with Crippen molar-refractivity contribution in [3.8, 4) is 5.88 Å². The lowest BCUT2D eigenvalue weighted by Gasteiger charge is -2.32. The Morgan fingerprint density at radius 3 is 2.19 bits per heavy atom. The summed E-state index contributed by atoms with van der Waals surface area (Å²) in [6, 6.07) is 5.83. The third-order valence-electron chi connectivity index (χ3n) is 4.89. The molecule has 0 unspecified atom stereocenters. The van der Waals surface area contributed by atoms with Gasteiger partial charge in [0.25, 0.3) is 5.88 Å². The molecular formula is C19H28BN3O3. The average Bonchev–Trinajstić information content (AvgIpc) is 2.72. The third kappa shape index (κ3) is 3.38. The van der Waals surface area contributed by atoms with Crippen molar-refractivity contribution in [3.63, 3.8) is 0 Å². The van der Waals surface area contributed by atoms with E-state index in [4.69, 9.17) is 19.0 Å². The first-order valence-corrected chi connectivity index (χ1v) is 8.92. The zero-order chi connectivity index (χ0) is 19.3. The number of anilines is 1. The number of fused-ring (bicyclic) bond motifs is 1. The van der Waals surface area contributed by atoms with Crippen molar-refractivity contribution in [3.05, 3.63) is 18.2 Å². The number of methoxy groups -OCH3 is 1. The Morgan fingerprint density at radius 1 is 1.04 bits per heavy atom. The molecule has 1 aromatic heterocycles. The van der Waals surface area contributed by atoms with E-state index in [0.29, 0.717) is 11.7 Å². The molecule has 0 spiro atoms. The maximum absolute atomic E-state index is 6.21. The highest BCUT2D eigenvalue weighted by atomic mass is 16.7. The van der Waals surface area contributed by atoms with E-state index < -0.39 is 18.3 Å². The Labute approximate surface area is 155 Å². The normalized spacial score (nSPS) is 19.0. The van der Waals surface area contributed by atoms with Gasteiger partial charge in [0.2, 0.25) is 0 Å². The fourth-order valence-electron chi connectivity index (χ4n) is 2.82. The zero-order valence-corrected chi connectivity index (χ0v) is 16.9. The van der Waals surface area contributed by atoms with Crippen LogP contribution >= 0.6 is 0 Å². The molecule has 0 saturated carbocycles. The van der Waals surface area contributed by atoms with Crippen LogP contribution in [0.25, 0.3) is 11.0 Å². The second-order valence-electron chi connectivity index (χ2n) is 8.76. The van der Waals surface area contributed by atoms with Crippen molar-refractivity contribution in [2.24, 2.45) is 0 Å². The lowest BCUT2D eigenvalue weighted by molar-refractivity contribution is 0.00578. The minimum absolute atomic E-state index is 0.172. The minimum Gasteiger partial charge on any atom is -0.478 e. The molecule has 0 atom stereocenters. The van der Waals surface area contributed by atoms with Crippen molar-refractivity contribution in [2.75, 3.05) is 12.4 Å². The fraction of sp³-hybridized carbons (Fsp3) is 0.579. The predicted molar refractivity (Wildman–Crippen MR) is 105 cm³/mol. The summed E-state index contributed by atoms with van der Waals surface area (Å²) in [5.41, 5.74) is 1.37. The fourth-order valence-corrected chi connectivity index (χ4v) is 2.82. The van der Waals surface area contributed by atoms with Gasteiger partial charge in [-0.15, -0.1) is 0 Å². The molecule has 1 aliphatic rings. The van der Waals surface area contributed by atoms with Crippen LogP contribution in [0.1, 0.15) is 48.5 Å². The van der Waals surface area contributed by atoms with Gasteiger partial charge in [0.05, 0.1) is 29.3 Å². The molecule has 0 amide bonds. The van der Waals surface area contributed by atoms with Gasteiger partial charge in [-0.1, -0.05) is 12.1 Å². The van der Waals surface area contributed by atoms with Crippen LogP contribution in [0.3, 0.4) is 0 Å². The molecule has 0 bridgehead atoms. The van der Waals surface area contributed by atoms with Gasteiger partial charge in [0, 0.05) is 11.0 Å². The molecule has 1 N–H and O–H groups in total. The highest BCUT2D eigenvalue weighted by Crippen LogP contribution is 2.37. The van der Waals surface area contributed by atoms with Crippen LogP contribution < -0.4 is 15.5 Å². The van der Waals surface area contributed by atoms with E-state index in [9.17, 15) is 0 Å². The summed E-state index contributed by atoms with van der Waals surface area (Å²) in [6.07, 6.45) is 0. The van der Waals surface area contributed by atoms with Gasteiger partial charge in [-0.05, 0) is 54.5 Å².